The van der Waals surface area contributed by atoms with Gasteiger partial charge in [0.2, 0.25) is 0 Å². The predicted molar refractivity (Wildman–Crippen MR) is 68.1 cm³/mol. The van der Waals surface area contributed by atoms with Crippen molar-refractivity contribution in [1.82, 2.24) is 15.1 Å². The number of nitrogens with one attached hydrogen (secondary N) is 1. The first-order valence-electron chi connectivity index (χ1n) is 6.22. The molecule has 0 aromatic carbocycles. The van der Waals surface area contributed by atoms with Crippen molar-refractivity contribution in [3.05, 3.63) is 17.5 Å². The first kappa shape index (κ1) is 15.2. The molecule has 1 aromatic rings. The van der Waals surface area contributed by atoms with Gasteiger partial charge in [-0.3, -0.25) is 9.48 Å². The molecule has 0 saturated heterocycles. The van der Waals surface area contributed by atoms with Crippen LogP contribution in [0, 0.1) is 0 Å². The molecule has 1 amide bonds. The first-order valence-corrected chi connectivity index (χ1v) is 6.22. The van der Waals surface area contributed by atoms with Crippen molar-refractivity contribution in [1.29, 1.82) is 0 Å². The molecule has 0 radical (unpaired) electrons. The van der Waals surface area contributed by atoms with Crippen LogP contribution in [-0.2, 0) is 22.5 Å². The Morgan fingerprint density at radius 3 is 2.79 bits per heavy atom. The van der Waals surface area contributed by atoms with Gasteiger partial charge in [-0.25, -0.2) is 4.79 Å². The molecule has 19 heavy (non-hydrogen) atoms. The molecule has 0 spiro atoms. The molecule has 0 saturated carbocycles. The van der Waals surface area contributed by atoms with E-state index in [4.69, 9.17) is 9.84 Å². The van der Waals surface area contributed by atoms with E-state index in [1.807, 2.05) is 13.8 Å². The molecule has 2 N–H and O–H groups in total. The number of aliphatic carboxylic acids is 1. The summed E-state index contributed by atoms with van der Waals surface area (Å²) in [6.45, 7) is 4.59. The predicted octanol–water partition coefficient (Wildman–Crippen LogP) is 0.296. The van der Waals surface area contributed by atoms with E-state index in [9.17, 15) is 9.59 Å². The molecule has 0 atom stereocenters. The van der Waals surface area contributed by atoms with Gasteiger partial charge in [-0.15, -0.1) is 0 Å². The fraction of sp³-hybridized carbons (Fsp3) is 0.583. The first-order chi connectivity index (χ1) is 9.08. The number of hydrogen-bond acceptors (Lipinski definition) is 4. The molecule has 1 heterocycles. The SMILES string of the molecule is CCc1cc(C(=O)NCCOCC(=O)O)n(CC)n1. The highest BCUT2D eigenvalue weighted by Crippen LogP contribution is 2.05. The number of ether oxygens (including phenoxy) is 1. The molecule has 7 heteroatoms. The van der Waals surface area contributed by atoms with Crippen LogP contribution in [0.2, 0.25) is 0 Å². The van der Waals surface area contributed by atoms with Crippen LogP contribution in [0.25, 0.3) is 0 Å². The molecule has 0 unspecified atom stereocenters. The van der Waals surface area contributed by atoms with Gasteiger partial charge in [0, 0.05) is 13.1 Å². The van der Waals surface area contributed by atoms with Gasteiger partial charge in [0.25, 0.3) is 5.91 Å². The maximum absolute atomic E-state index is 11.9. The van der Waals surface area contributed by atoms with Crippen LogP contribution in [0.1, 0.15) is 30.0 Å². The Balaban J connectivity index is 2.44. The van der Waals surface area contributed by atoms with Gasteiger partial charge < -0.3 is 15.2 Å². The molecule has 0 aliphatic rings. The summed E-state index contributed by atoms with van der Waals surface area (Å²) in [5.41, 5.74) is 1.38. The van der Waals surface area contributed by atoms with Crippen molar-refractivity contribution in [2.75, 3.05) is 19.8 Å². The Labute approximate surface area is 111 Å². The van der Waals surface area contributed by atoms with Gasteiger partial charge in [-0.2, -0.15) is 5.10 Å². The molecular formula is C12H19N3O4. The number of carbonyl (C=O) groups excluding carboxylic acids is 1. The minimum Gasteiger partial charge on any atom is -0.480 e. The summed E-state index contributed by atoms with van der Waals surface area (Å²) in [5.74, 6) is -1.25. The van der Waals surface area contributed by atoms with Crippen molar-refractivity contribution in [2.45, 2.75) is 26.8 Å². The minimum atomic E-state index is -1.03. The van der Waals surface area contributed by atoms with Crippen molar-refractivity contribution in [2.24, 2.45) is 0 Å². The zero-order chi connectivity index (χ0) is 14.3. The zero-order valence-electron chi connectivity index (χ0n) is 11.2. The Morgan fingerprint density at radius 2 is 2.21 bits per heavy atom. The Hall–Kier alpha value is -1.89. The van der Waals surface area contributed by atoms with Crippen LogP contribution >= 0.6 is 0 Å². The molecule has 0 aliphatic carbocycles. The van der Waals surface area contributed by atoms with E-state index in [0.717, 1.165) is 12.1 Å². The summed E-state index contributed by atoms with van der Waals surface area (Å²) in [6, 6.07) is 1.76. The third-order valence-corrected chi connectivity index (χ3v) is 2.48. The van der Waals surface area contributed by atoms with Crippen molar-refractivity contribution < 1.29 is 19.4 Å². The third-order valence-electron chi connectivity index (χ3n) is 2.48. The van der Waals surface area contributed by atoms with Crippen LogP contribution in [0.4, 0.5) is 0 Å². The molecular weight excluding hydrogens is 250 g/mol. The van der Waals surface area contributed by atoms with Gasteiger partial charge in [-0.05, 0) is 19.4 Å². The van der Waals surface area contributed by atoms with Crippen LogP contribution < -0.4 is 5.32 Å². The average molecular weight is 269 g/mol. The number of amides is 1. The summed E-state index contributed by atoms with van der Waals surface area (Å²) in [6.07, 6.45) is 0.773. The zero-order valence-corrected chi connectivity index (χ0v) is 11.2. The number of aryl methyl sites for hydroxylation is 2. The molecule has 1 aromatic heterocycles. The van der Waals surface area contributed by atoms with E-state index < -0.39 is 5.97 Å². The molecule has 0 bridgehead atoms. The van der Waals surface area contributed by atoms with Crippen molar-refractivity contribution >= 4 is 11.9 Å². The number of carbonyl (C=O) groups is 2. The number of carboxylic acids is 1. The summed E-state index contributed by atoms with van der Waals surface area (Å²) >= 11 is 0. The fourth-order valence-electron chi connectivity index (χ4n) is 1.55. The highest BCUT2D eigenvalue weighted by molar-refractivity contribution is 5.92. The second kappa shape index (κ2) is 7.52. The summed E-state index contributed by atoms with van der Waals surface area (Å²) in [7, 11) is 0. The second-order valence-electron chi connectivity index (χ2n) is 3.89. The lowest BCUT2D eigenvalue weighted by atomic mass is 10.3. The number of rotatable bonds is 8. The van der Waals surface area contributed by atoms with E-state index in [2.05, 4.69) is 10.4 Å². The van der Waals surface area contributed by atoms with Gasteiger partial charge in [0.15, 0.2) is 0 Å². The highest BCUT2D eigenvalue weighted by Gasteiger charge is 2.13. The lowest BCUT2D eigenvalue weighted by molar-refractivity contribution is -0.142. The number of hydrogen-bond donors (Lipinski definition) is 2. The quantitative estimate of drug-likeness (QED) is 0.662. The Kier molecular flexibility index (Phi) is 6.01. The summed E-state index contributed by atoms with van der Waals surface area (Å²) < 4.78 is 6.47. The van der Waals surface area contributed by atoms with Gasteiger partial charge in [0.05, 0.1) is 12.3 Å². The van der Waals surface area contributed by atoms with E-state index in [1.54, 1.807) is 10.7 Å². The monoisotopic (exact) mass is 269 g/mol. The van der Waals surface area contributed by atoms with Crippen LogP contribution in [-0.4, -0.2) is 46.5 Å². The lowest BCUT2D eigenvalue weighted by Gasteiger charge is -2.06. The minimum absolute atomic E-state index is 0.166. The maximum Gasteiger partial charge on any atom is 0.329 e. The van der Waals surface area contributed by atoms with Gasteiger partial charge in [-0.1, -0.05) is 6.92 Å². The fourth-order valence-corrected chi connectivity index (χ4v) is 1.55. The lowest BCUT2D eigenvalue weighted by Crippen LogP contribution is -2.29. The largest absolute Gasteiger partial charge is 0.480 e. The van der Waals surface area contributed by atoms with E-state index in [1.165, 1.54) is 0 Å². The third kappa shape index (κ3) is 4.70. The topological polar surface area (TPSA) is 93.5 Å². The van der Waals surface area contributed by atoms with Crippen LogP contribution in [0.15, 0.2) is 6.07 Å². The van der Waals surface area contributed by atoms with Crippen LogP contribution in [0.5, 0.6) is 0 Å². The standard InChI is InChI=1S/C12H19N3O4/c1-3-9-7-10(15(4-2)14-9)12(18)13-5-6-19-8-11(16)17/h7H,3-6,8H2,1-2H3,(H,13,18)(H,16,17). The Morgan fingerprint density at radius 1 is 1.47 bits per heavy atom. The summed E-state index contributed by atoms with van der Waals surface area (Å²) in [5, 5.41) is 15.3. The normalized spacial score (nSPS) is 10.4. The van der Waals surface area contributed by atoms with Crippen LogP contribution in [0.3, 0.4) is 0 Å². The second-order valence-corrected chi connectivity index (χ2v) is 3.89. The number of aromatic nitrogens is 2. The number of nitrogens with zero attached hydrogens (tertiary/aromatic N) is 2. The molecule has 1 rings (SSSR count). The van der Waals surface area contributed by atoms with Gasteiger partial charge in [0.1, 0.15) is 12.3 Å². The molecule has 0 aliphatic heterocycles. The highest BCUT2D eigenvalue weighted by atomic mass is 16.5. The average Bonchev–Trinajstić information content (AvgIpc) is 2.81. The van der Waals surface area contributed by atoms with Gasteiger partial charge >= 0.3 is 5.97 Å². The Bertz CT molecular complexity index is 442. The smallest absolute Gasteiger partial charge is 0.329 e. The van der Waals surface area contributed by atoms with E-state index in [-0.39, 0.29) is 25.7 Å². The van der Waals surface area contributed by atoms with E-state index >= 15 is 0 Å². The molecule has 106 valence electrons. The van der Waals surface area contributed by atoms with Crippen molar-refractivity contribution in [3.8, 4) is 0 Å². The maximum atomic E-state index is 11.9. The summed E-state index contributed by atoms with van der Waals surface area (Å²) in [4.78, 5) is 22.1. The molecule has 7 nitrogen and oxygen atoms in total. The van der Waals surface area contributed by atoms with Crippen molar-refractivity contribution in [3.63, 3.8) is 0 Å². The molecule has 0 fully saturated rings. The number of carboxylic acid groups (broad SMARTS) is 1. The van der Waals surface area contributed by atoms with E-state index in [0.29, 0.717) is 12.2 Å².